The molecule has 3 aromatic rings. The third kappa shape index (κ3) is 3.07. The molecule has 0 aliphatic rings. The van der Waals surface area contributed by atoms with Crippen LogP contribution in [-0.2, 0) is 4.79 Å². The average molecular weight is 326 g/mol. The van der Waals surface area contributed by atoms with E-state index in [4.69, 9.17) is 4.74 Å². The van der Waals surface area contributed by atoms with Crippen molar-refractivity contribution in [1.82, 2.24) is 4.57 Å². The van der Waals surface area contributed by atoms with Crippen LogP contribution in [0.3, 0.4) is 0 Å². The second-order valence-corrected chi connectivity index (χ2v) is 5.75. The molecule has 3 rings (SSSR count). The number of rotatable bonds is 2. The van der Waals surface area contributed by atoms with E-state index < -0.39 is 5.97 Å². The lowest BCUT2D eigenvalue weighted by molar-refractivity contribution is -0.132. The van der Waals surface area contributed by atoms with Gasteiger partial charge in [0.25, 0.3) is 0 Å². The van der Waals surface area contributed by atoms with Gasteiger partial charge in [0.2, 0.25) is 11.8 Å². The van der Waals surface area contributed by atoms with Crippen LogP contribution in [0, 0.1) is 0 Å². The summed E-state index contributed by atoms with van der Waals surface area (Å²) in [6.45, 7) is 2.70. The summed E-state index contributed by atoms with van der Waals surface area (Å²) < 4.78 is 6.37. The Morgan fingerprint density at radius 2 is 1.83 bits per heavy atom. The molecule has 0 N–H and O–H groups in total. The Kier molecular flexibility index (Phi) is 4.08. The normalized spacial score (nSPS) is 11.7. The highest BCUT2D eigenvalue weighted by Crippen LogP contribution is 2.25. The molecule has 0 spiro atoms. The van der Waals surface area contributed by atoms with Crippen molar-refractivity contribution >= 4 is 39.7 Å². The molecule has 0 unspecified atom stereocenters. The molecule has 0 saturated heterocycles. The maximum Gasteiger partial charge on any atom is 0.309 e. The van der Waals surface area contributed by atoms with Crippen molar-refractivity contribution in [2.45, 2.75) is 13.8 Å². The molecule has 1 aromatic heterocycles. The highest BCUT2D eigenvalue weighted by atomic mass is 32.1. The molecular formula is C17H14N2O3S. The molecule has 23 heavy (non-hydrogen) atoms. The summed E-state index contributed by atoms with van der Waals surface area (Å²) in [5, 5.41) is 3.67. The van der Waals surface area contributed by atoms with E-state index >= 15 is 0 Å². The van der Waals surface area contributed by atoms with Crippen molar-refractivity contribution in [2.75, 3.05) is 0 Å². The minimum atomic E-state index is -0.477. The molecular weight excluding hydrogens is 312 g/mol. The molecule has 0 atom stereocenters. The Bertz CT molecular complexity index is 964. The first kappa shape index (κ1) is 15.2. The van der Waals surface area contributed by atoms with E-state index in [0.717, 1.165) is 16.5 Å². The Hall–Kier alpha value is -2.73. The molecule has 116 valence electrons. The third-order valence-corrected chi connectivity index (χ3v) is 4.03. The van der Waals surface area contributed by atoms with Crippen LogP contribution < -0.4 is 9.54 Å². The van der Waals surface area contributed by atoms with Gasteiger partial charge in [-0.2, -0.15) is 0 Å². The largest absolute Gasteiger partial charge is 0.408 e. The van der Waals surface area contributed by atoms with Gasteiger partial charge in [-0.05, 0) is 11.5 Å². The standard InChI is InChI=1S/C17H14N2O3S/c1-11(20)19-16(22-12(2)21)10-23-17(19)18-15-9-5-7-13-6-3-4-8-14(13)15/h3-10H,1-2H3. The van der Waals surface area contributed by atoms with Crippen molar-refractivity contribution in [3.63, 3.8) is 0 Å². The van der Waals surface area contributed by atoms with Crippen LogP contribution in [-0.4, -0.2) is 16.4 Å². The van der Waals surface area contributed by atoms with Gasteiger partial charge in [-0.1, -0.05) is 36.4 Å². The maximum atomic E-state index is 11.9. The Morgan fingerprint density at radius 1 is 1.09 bits per heavy atom. The van der Waals surface area contributed by atoms with Gasteiger partial charge in [-0.3, -0.25) is 9.59 Å². The number of fused-ring (bicyclic) bond motifs is 1. The quantitative estimate of drug-likeness (QED) is 0.677. The number of carbonyl (C=O) groups excluding carboxylic acids is 2. The van der Waals surface area contributed by atoms with Gasteiger partial charge >= 0.3 is 5.97 Å². The first-order valence-electron chi connectivity index (χ1n) is 6.98. The molecule has 0 aliphatic carbocycles. The SMILES string of the molecule is CC(=O)Oc1csc(=Nc2cccc3ccccc23)n1C(C)=O. The third-order valence-electron chi connectivity index (χ3n) is 3.22. The fourth-order valence-electron chi connectivity index (χ4n) is 2.29. The summed E-state index contributed by atoms with van der Waals surface area (Å²) >= 11 is 1.25. The Labute approximate surface area is 136 Å². The number of esters is 1. The molecule has 6 heteroatoms. The van der Waals surface area contributed by atoms with Crippen molar-refractivity contribution in [1.29, 1.82) is 0 Å². The second-order valence-electron chi connectivity index (χ2n) is 4.91. The van der Waals surface area contributed by atoms with Gasteiger partial charge in [0.05, 0.1) is 11.1 Å². The predicted octanol–water partition coefficient (Wildman–Crippen LogP) is 3.52. The fraction of sp³-hybridized carbons (Fsp3) is 0.118. The van der Waals surface area contributed by atoms with Crippen LogP contribution in [0.5, 0.6) is 5.88 Å². The number of thiazole rings is 1. The van der Waals surface area contributed by atoms with Gasteiger partial charge in [0.15, 0.2) is 4.80 Å². The lowest BCUT2D eigenvalue weighted by Gasteiger charge is -2.04. The second kappa shape index (κ2) is 6.18. The molecule has 0 fully saturated rings. The molecule has 2 aromatic carbocycles. The van der Waals surface area contributed by atoms with Gasteiger partial charge in [0, 0.05) is 19.2 Å². The molecule has 0 bridgehead atoms. The van der Waals surface area contributed by atoms with E-state index in [0.29, 0.717) is 4.80 Å². The van der Waals surface area contributed by atoms with Crippen LogP contribution in [0.1, 0.15) is 18.6 Å². The van der Waals surface area contributed by atoms with Crippen LogP contribution >= 0.6 is 11.3 Å². The van der Waals surface area contributed by atoms with E-state index in [1.165, 1.54) is 29.8 Å². The first-order chi connectivity index (χ1) is 11.1. The van der Waals surface area contributed by atoms with Gasteiger partial charge < -0.3 is 4.74 Å². The summed E-state index contributed by atoms with van der Waals surface area (Å²) in [4.78, 5) is 28.1. The lowest BCUT2D eigenvalue weighted by atomic mass is 10.1. The van der Waals surface area contributed by atoms with E-state index in [-0.39, 0.29) is 11.8 Å². The van der Waals surface area contributed by atoms with E-state index in [1.807, 2.05) is 42.5 Å². The minimum Gasteiger partial charge on any atom is -0.408 e. The topological polar surface area (TPSA) is 60.7 Å². The molecule has 0 aliphatic heterocycles. The van der Waals surface area contributed by atoms with Crippen LogP contribution in [0.4, 0.5) is 5.69 Å². The maximum absolute atomic E-state index is 11.9. The minimum absolute atomic E-state index is 0.189. The molecule has 0 amide bonds. The number of hydrogen-bond donors (Lipinski definition) is 0. The Balaban J connectivity index is 2.21. The zero-order valence-electron chi connectivity index (χ0n) is 12.6. The summed E-state index contributed by atoms with van der Waals surface area (Å²) in [6, 6.07) is 13.7. The summed E-state index contributed by atoms with van der Waals surface area (Å²) in [5.74, 6) is -0.551. The van der Waals surface area contributed by atoms with E-state index in [2.05, 4.69) is 4.99 Å². The number of benzene rings is 2. The van der Waals surface area contributed by atoms with Crippen LogP contribution in [0.15, 0.2) is 52.8 Å². The van der Waals surface area contributed by atoms with E-state index in [1.54, 1.807) is 5.38 Å². The average Bonchev–Trinajstić information content (AvgIpc) is 2.89. The fourth-order valence-corrected chi connectivity index (χ4v) is 3.13. The number of carbonyl (C=O) groups is 2. The zero-order valence-corrected chi connectivity index (χ0v) is 13.5. The monoisotopic (exact) mass is 326 g/mol. The van der Waals surface area contributed by atoms with E-state index in [9.17, 15) is 9.59 Å². The van der Waals surface area contributed by atoms with Crippen molar-refractivity contribution in [3.8, 4) is 5.88 Å². The predicted molar refractivity (Wildman–Crippen MR) is 89.1 cm³/mol. The summed E-state index contributed by atoms with van der Waals surface area (Å²) in [6.07, 6.45) is 0. The van der Waals surface area contributed by atoms with Crippen molar-refractivity contribution in [2.24, 2.45) is 4.99 Å². The Morgan fingerprint density at radius 3 is 2.57 bits per heavy atom. The molecule has 1 heterocycles. The number of hydrogen-bond acceptors (Lipinski definition) is 5. The lowest BCUT2D eigenvalue weighted by Crippen LogP contribution is -2.22. The van der Waals surface area contributed by atoms with Crippen LogP contribution in [0.2, 0.25) is 0 Å². The molecule has 0 radical (unpaired) electrons. The summed E-state index contributed by atoms with van der Waals surface area (Å²) in [7, 11) is 0. The summed E-state index contributed by atoms with van der Waals surface area (Å²) in [5.41, 5.74) is 0.759. The molecule has 5 nitrogen and oxygen atoms in total. The molecule has 0 saturated carbocycles. The van der Waals surface area contributed by atoms with Crippen molar-refractivity contribution < 1.29 is 14.3 Å². The smallest absolute Gasteiger partial charge is 0.309 e. The number of aromatic nitrogens is 1. The highest BCUT2D eigenvalue weighted by molar-refractivity contribution is 7.07. The van der Waals surface area contributed by atoms with Crippen LogP contribution in [0.25, 0.3) is 10.8 Å². The highest BCUT2D eigenvalue weighted by Gasteiger charge is 2.12. The van der Waals surface area contributed by atoms with Gasteiger partial charge in [-0.15, -0.1) is 11.3 Å². The van der Waals surface area contributed by atoms with Gasteiger partial charge in [0.1, 0.15) is 0 Å². The zero-order chi connectivity index (χ0) is 16.4. The first-order valence-corrected chi connectivity index (χ1v) is 7.86. The number of ether oxygens (including phenoxy) is 1. The van der Waals surface area contributed by atoms with Gasteiger partial charge in [-0.25, -0.2) is 9.56 Å². The number of nitrogens with zero attached hydrogens (tertiary/aromatic N) is 2. The van der Waals surface area contributed by atoms with Crippen molar-refractivity contribution in [3.05, 3.63) is 52.6 Å².